The summed E-state index contributed by atoms with van der Waals surface area (Å²) in [6.45, 7) is 0. The zero-order valence-electron chi connectivity index (χ0n) is 4.87. The second-order valence-electron chi connectivity index (χ2n) is 0.936. The van der Waals surface area contributed by atoms with Crippen LogP contribution in [-0.4, -0.2) is 11.0 Å². The standard InChI is InChI=1S/2CHF3S.Hg/c2*2-1(3,4)5;/h2*5H;. The van der Waals surface area contributed by atoms with Crippen molar-refractivity contribution in [3.8, 4) is 0 Å². The molecule has 0 fully saturated rings. The second kappa shape index (κ2) is 6.70. The molecule has 11 heavy (non-hydrogen) atoms. The Morgan fingerprint density at radius 3 is 0.636 bits per heavy atom. The first-order valence-corrected chi connectivity index (χ1v) is 2.48. The van der Waals surface area contributed by atoms with Gasteiger partial charge in [0.05, 0.1) is 0 Å². The molecule has 0 atom stereocenters. The third-order valence-corrected chi connectivity index (χ3v) is 0. The van der Waals surface area contributed by atoms with Gasteiger partial charge in [0.25, 0.3) is 0 Å². The van der Waals surface area contributed by atoms with Gasteiger partial charge in [-0.05, 0) is 0 Å². The summed E-state index contributed by atoms with van der Waals surface area (Å²) >= 11 is 4.25. The summed E-state index contributed by atoms with van der Waals surface area (Å²) in [6.07, 6.45) is 0. The van der Waals surface area contributed by atoms with Gasteiger partial charge in [-0.3, -0.25) is 0 Å². The first kappa shape index (κ1) is 18.1. The Bertz CT molecular complexity index is 61.6. The molecule has 0 unspecified atom stereocenters. The predicted molar refractivity (Wildman–Crippen MR) is 30.1 cm³/mol. The SMILES string of the molecule is FC(F)(F)S.FC(F)(F)S.[Hg]. The van der Waals surface area contributed by atoms with Crippen LogP contribution >= 0.6 is 25.3 Å². The number of hydrogen-bond donors (Lipinski definition) is 2. The molecule has 0 N–H and O–H groups in total. The maximum absolute atomic E-state index is 10.2. The van der Waals surface area contributed by atoms with E-state index in [1.807, 2.05) is 0 Å². The Hall–Kier alpha value is 1.22. The van der Waals surface area contributed by atoms with Crippen molar-refractivity contribution >= 4 is 25.3 Å². The molecule has 0 saturated carbocycles. The molecule has 66 valence electrons. The fourth-order valence-electron chi connectivity index (χ4n) is 0. The number of hydrogen-bond acceptors (Lipinski definition) is 2. The zero-order valence-corrected chi connectivity index (χ0v) is 12.2. The molecule has 0 saturated heterocycles. The third-order valence-electron chi connectivity index (χ3n) is 0. The summed E-state index contributed by atoms with van der Waals surface area (Å²) in [5.41, 5.74) is -8.61. The van der Waals surface area contributed by atoms with Crippen LogP contribution in [0.2, 0.25) is 0 Å². The average molecular weight is 405 g/mol. The summed E-state index contributed by atoms with van der Waals surface area (Å²) in [7, 11) is 0. The molecule has 0 rings (SSSR count). The number of alkyl halides is 6. The molecule has 0 spiro atoms. The van der Waals surface area contributed by atoms with Crippen LogP contribution in [0.3, 0.4) is 0 Å². The van der Waals surface area contributed by atoms with Gasteiger partial charge in [0, 0.05) is 27.7 Å². The second-order valence-corrected chi connectivity index (χ2v) is 1.95. The van der Waals surface area contributed by atoms with Crippen LogP contribution in [-0.2, 0) is 27.7 Å². The van der Waals surface area contributed by atoms with Crippen LogP contribution in [0.4, 0.5) is 26.3 Å². The van der Waals surface area contributed by atoms with Crippen LogP contribution < -0.4 is 0 Å². The first-order chi connectivity index (χ1) is 4.00. The van der Waals surface area contributed by atoms with Gasteiger partial charge in [0.2, 0.25) is 0 Å². The Balaban J connectivity index is -0.000000107. The Morgan fingerprint density at radius 2 is 0.636 bits per heavy atom. The van der Waals surface area contributed by atoms with Crippen molar-refractivity contribution < 1.29 is 54.0 Å². The molecule has 0 aromatic heterocycles. The largest absolute Gasteiger partial charge is 0.438 e. The van der Waals surface area contributed by atoms with Crippen LogP contribution in [0.5, 0.6) is 0 Å². The molecule has 0 bridgehead atoms. The van der Waals surface area contributed by atoms with E-state index in [2.05, 4.69) is 25.3 Å². The van der Waals surface area contributed by atoms with E-state index in [-0.39, 0.29) is 27.7 Å². The number of halogens is 6. The first-order valence-electron chi connectivity index (χ1n) is 1.58. The molecule has 0 aliphatic carbocycles. The van der Waals surface area contributed by atoms with Crippen molar-refractivity contribution in [2.75, 3.05) is 0 Å². The minimum absolute atomic E-state index is 0. The van der Waals surface area contributed by atoms with Gasteiger partial charge in [-0.2, -0.15) is 26.3 Å². The van der Waals surface area contributed by atoms with Gasteiger partial charge in [-0.1, -0.05) is 25.3 Å². The van der Waals surface area contributed by atoms with E-state index in [9.17, 15) is 26.3 Å². The smallest absolute Gasteiger partial charge is 0.161 e. The normalized spacial score (nSPS) is 10.9. The molecule has 0 aliphatic heterocycles. The average Bonchev–Trinajstić information content (AvgIpc) is 1.12. The van der Waals surface area contributed by atoms with E-state index in [0.29, 0.717) is 0 Å². The summed E-state index contributed by atoms with van der Waals surface area (Å²) in [6, 6.07) is 0. The summed E-state index contributed by atoms with van der Waals surface area (Å²) in [5, 5.41) is 0. The maximum Gasteiger partial charge on any atom is 0.438 e. The van der Waals surface area contributed by atoms with Crippen LogP contribution in [0, 0.1) is 0 Å². The van der Waals surface area contributed by atoms with E-state index < -0.39 is 11.0 Å². The molecule has 0 aromatic carbocycles. The van der Waals surface area contributed by atoms with Crippen LogP contribution in [0.1, 0.15) is 0 Å². The molecule has 0 aliphatic rings. The fourth-order valence-corrected chi connectivity index (χ4v) is 0. The quantitative estimate of drug-likeness (QED) is 0.346. The van der Waals surface area contributed by atoms with Gasteiger partial charge in [0.1, 0.15) is 0 Å². The molecule has 0 nitrogen and oxygen atoms in total. The number of thiol groups is 2. The Morgan fingerprint density at radius 1 is 0.636 bits per heavy atom. The molecule has 0 aromatic rings. The van der Waals surface area contributed by atoms with E-state index in [1.165, 1.54) is 0 Å². The summed E-state index contributed by atoms with van der Waals surface area (Å²) in [4.78, 5) is 0. The molecular formula is C2H2F6HgS2. The maximum atomic E-state index is 10.2. The summed E-state index contributed by atoms with van der Waals surface area (Å²) in [5.74, 6) is 0. The van der Waals surface area contributed by atoms with Gasteiger partial charge >= 0.3 is 11.0 Å². The van der Waals surface area contributed by atoms with Crippen LogP contribution in [0.15, 0.2) is 0 Å². The van der Waals surface area contributed by atoms with Crippen molar-refractivity contribution in [2.24, 2.45) is 0 Å². The van der Waals surface area contributed by atoms with Gasteiger partial charge < -0.3 is 0 Å². The van der Waals surface area contributed by atoms with E-state index in [0.717, 1.165) is 0 Å². The Labute approximate surface area is 90.0 Å². The van der Waals surface area contributed by atoms with E-state index >= 15 is 0 Å². The Kier molecular flexibility index (Phi) is 11.0. The van der Waals surface area contributed by atoms with Crippen molar-refractivity contribution in [3.05, 3.63) is 0 Å². The van der Waals surface area contributed by atoms with Gasteiger partial charge in [-0.15, -0.1) is 0 Å². The molecule has 9 heteroatoms. The summed E-state index contributed by atoms with van der Waals surface area (Å²) < 4.78 is 61.3. The predicted octanol–water partition coefficient (Wildman–Crippen LogP) is 2.87. The monoisotopic (exact) mass is 406 g/mol. The van der Waals surface area contributed by atoms with Crippen molar-refractivity contribution in [1.82, 2.24) is 0 Å². The number of rotatable bonds is 0. The fraction of sp³-hybridized carbons (Fsp3) is 1.00. The molecular weight excluding hydrogens is 403 g/mol. The van der Waals surface area contributed by atoms with Gasteiger partial charge in [0.15, 0.2) is 0 Å². The van der Waals surface area contributed by atoms with Crippen molar-refractivity contribution in [1.29, 1.82) is 0 Å². The zero-order chi connectivity index (χ0) is 9.00. The minimum atomic E-state index is -4.31. The van der Waals surface area contributed by atoms with E-state index in [4.69, 9.17) is 0 Å². The van der Waals surface area contributed by atoms with Crippen LogP contribution in [0.25, 0.3) is 0 Å². The van der Waals surface area contributed by atoms with Crippen molar-refractivity contribution in [3.63, 3.8) is 0 Å². The van der Waals surface area contributed by atoms with Crippen molar-refractivity contribution in [2.45, 2.75) is 11.0 Å². The van der Waals surface area contributed by atoms with E-state index in [1.54, 1.807) is 0 Å². The molecule has 0 radical (unpaired) electrons. The molecule has 0 heterocycles. The topological polar surface area (TPSA) is 0 Å². The third kappa shape index (κ3) is 645. The molecule has 0 amide bonds. The van der Waals surface area contributed by atoms with Gasteiger partial charge in [-0.25, -0.2) is 0 Å². The minimum Gasteiger partial charge on any atom is -0.161 e.